The molecule has 0 bridgehead atoms. The minimum absolute atomic E-state index is 0.216. The fourth-order valence-corrected chi connectivity index (χ4v) is 3.91. The molecule has 3 rings (SSSR count). The number of nitrogens with zero attached hydrogens (tertiary/aromatic N) is 3. The van der Waals surface area contributed by atoms with Crippen LogP contribution in [-0.4, -0.2) is 37.6 Å². The number of thiazole rings is 1. The van der Waals surface area contributed by atoms with E-state index in [0.29, 0.717) is 0 Å². The highest BCUT2D eigenvalue weighted by molar-refractivity contribution is 7.13. The van der Waals surface area contributed by atoms with Crippen molar-refractivity contribution < 1.29 is 0 Å². The second-order valence-corrected chi connectivity index (χ2v) is 7.18. The molecule has 6 heteroatoms. The Labute approximate surface area is 154 Å². The van der Waals surface area contributed by atoms with Gasteiger partial charge in [-0.3, -0.25) is 4.99 Å². The third-order valence-corrected chi connectivity index (χ3v) is 5.42. The highest BCUT2D eigenvalue weighted by atomic mass is 32.1. The van der Waals surface area contributed by atoms with Crippen LogP contribution in [0.2, 0.25) is 0 Å². The number of hydrogen-bond donors (Lipinski definition) is 2. The minimum Gasteiger partial charge on any atom is -0.356 e. The van der Waals surface area contributed by atoms with Crippen molar-refractivity contribution in [1.82, 2.24) is 15.6 Å². The van der Waals surface area contributed by atoms with Gasteiger partial charge in [-0.05, 0) is 25.3 Å². The molecule has 0 radical (unpaired) electrons. The molecule has 0 spiro atoms. The van der Waals surface area contributed by atoms with Crippen molar-refractivity contribution in [2.75, 3.05) is 31.6 Å². The normalized spacial score (nSPS) is 16.1. The molecule has 2 aromatic rings. The second-order valence-electron chi connectivity index (χ2n) is 6.34. The molecular formula is C19H27N5S. The van der Waals surface area contributed by atoms with E-state index in [4.69, 9.17) is 4.98 Å². The van der Waals surface area contributed by atoms with Crippen LogP contribution >= 0.6 is 11.3 Å². The number of hydrogen-bond acceptors (Lipinski definition) is 4. The van der Waals surface area contributed by atoms with Crippen LogP contribution in [0.1, 0.15) is 37.1 Å². The molecule has 0 aliphatic carbocycles. The summed E-state index contributed by atoms with van der Waals surface area (Å²) in [5.41, 5.74) is 2.41. The van der Waals surface area contributed by atoms with Gasteiger partial charge in [0.25, 0.3) is 0 Å². The van der Waals surface area contributed by atoms with Gasteiger partial charge in [0.1, 0.15) is 0 Å². The summed E-state index contributed by atoms with van der Waals surface area (Å²) < 4.78 is 0. The summed E-state index contributed by atoms with van der Waals surface area (Å²) in [4.78, 5) is 11.5. The van der Waals surface area contributed by atoms with Crippen LogP contribution in [0, 0.1) is 0 Å². The summed E-state index contributed by atoms with van der Waals surface area (Å²) in [5, 5.41) is 10.2. The molecule has 1 unspecified atom stereocenters. The molecule has 0 saturated carbocycles. The van der Waals surface area contributed by atoms with Crippen LogP contribution in [0.3, 0.4) is 0 Å². The van der Waals surface area contributed by atoms with E-state index in [1.54, 1.807) is 18.4 Å². The lowest BCUT2D eigenvalue weighted by Crippen LogP contribution is -2.39. The number of anilines is 1. The van der Waals surface area contributed by atoms with E-state index in [9.17, 15) is 0 Å². The Morgan fingerprint density at radius 2 is 2.04 bits per heavy atom. The van der Waals surface area contributed by atoms with E-state index >= 15 is 0 Å². The molecular weight excluding hydrogens is 330 g/mol. The molecule has 2 heterocycles. The Balaban J connectivity index is 1.45. The molecule has 0 amide bonds. The molecule has 134 valence electrons. The van der Waals surface area contributed by atoms with E-state index in [-0.39, 0.29) is 6.04 Å². The lowest BCUT2D eigenvalue weighted by atomic mass is 10.1. The average molecular weight is 358 g/mol. The predicted molar refractivity (Wildman–Crippen MR) is 107 cm³/mol. The zero-order chi connectivity index (χ0) is 17.5. The number of benzene rings is 1. The lowest BCUT2D eigenvalue weighted by Gasteiger charge is -2.18. The molecule has 1 saturated heterocycles. The highest BCUT2D eigenvalue weighted by Crippen LogP contribution is 2.24. The van der Waals surface area contributed by atoms with E-state index in [1.807, 2.05) is 6.07 Å². The Kier molecular flexibility index (Phi) is 6.28. The summed E-state index contributed by atoms with van der Waals surface area (Å²) in [6.45, 7) is 5.27. The Hall–Kier alpha value is -2.08. The fourth-order valence-electron chi connectivity index (χ4n) is 3.00. The van der Waals surface area contributed by atoms with E-state index in [2.05, 4.69) is 57.1 Å². The fraction of sp³-hybridized carbons (Fsp3) is 0.474. The molecule has 25 heavy (non-hydrogen) atoms. The van der Waals surface area contributed by atoms with Crippen molar-refractivity contribution in [1.29, 1.82) is 0 Å². The summed E-state index contributed by atoms with van der Waals surface area (Å²) >= 11 is 1.76. The van der Waals surface area contributed by atoms with E-state index in [1.165, 1.54) is 23.5 Å². The maximum atomic E-state index is 4.77. The van der Waals surface area contributed by atoms with Crippen molar-refractivity contribution in [3.8, 4) is 0 Å². The van der Waals surface area contributed by atoms with Crippen LogP contribution in [0.4, 0.5) is 5.13 Å². The molecule has 2 N–H and O–H groups in total. The van der Waals surface area contributed by atoms with Crippen LogP contribution in [-0.2, 0) is 6.42 Å². The minimum atomic E-state index is 0.216. The SMILES string of the molecule is CN=C(NCCc1csc(N2CCCC2)n1)NC(C)c1ccccc1. The topological polar surface area (TPSA) is 52.6 Å². The summed E-state index contributed by atoms with van der Waals surface area (Å²) in [7, 11) is 1.81. The van der Waals surface area contributed by atoms with Crippen molar-refractivity contribution in [2.45, 2.75) is 32.2 Å². The van der Waals surface area contributed by atoms with Gasteiger partial charge in [-0.1, -0.05) is 30.3 Å². The van der Waals surface area contributed by atoms with Gasteiger partial charge in [-0.25, -0.2) is 4.98 Å². The first-order chi connectivity index (χ1) is 12.3. The van der Waals surface area contributed by atoms with Crippen molar-refractivity contribution >= 4 is 22.4 Å². The third-order valence-electron chi connectivity index (χ3n) is 4.47. The number of guanidine groups is 1. The number of nitrogens with one attached hydrogen (secondary N) is 2. The van der Waals surface area contributed by atoms with Gasteiger partial charge in [-0.2, -0.15) is 0 Å². The van der Waals surface area contributed by atoms with Gasteiger partial charge in [0, 0.05) is 38.5 Å². The maximum Gasteiger partial charge on any atom is 0.191 e. The maximum absolute atomic E-state index is 4.77. The zero-order valence-electron chi connectivity index (χ0n) is 15.0. The van der Waals surface area contributed by atoms with Gasteiger partial charge >= 0.3 is 0 Å². The first-order valence-corrected chi connectivity index (χ1v) is 9.85. The number of rotatable bonds is 6. The summed E-state index contributed by atoms with van der Waals surface area (Å²) in [5.74, 6) is 0.825. The Morgan fingerprint density at radius 3 is 2.76 bits per heavy atom. The van der Waals surface area contributed by atoms with Gasteiger partial charge in [0.2, 0.25) is 0 Å². The van der Waals surface area contributed by atoms with Crippen LogP contribution in [0.25, 0.3) is 0 Å². The largest absolute Gasteiger partial charge is 0.356 e. The molecule has 1 fully saturated rings. The first kappa shape index (κ1) is 17.7. The van der Waals surface area contributed by atoms with Crippen LogP contribution in [0.15, 0.2) is 40.7 Å². The molecule has 1 aliphatic heterocycles. The van der Waals surface area contributed by atoms with Crippen LogP contribution < -0.4 is 15.5 Å². The van der Waals surface area contributed by atoms with Gasteiger partial charge < -0.3 is 15.5 Å². The highest BCUT2D eigenvalue weighted by Gasteiger charge is 2.15. The standard InChI is InChI=1S/C19H27N5S/c1-15(16-8-4-3-5-9-16)22-18(20-2)21-11-10-17-14-25-19(23-17)24-12-6-7-13-24/h3-5,8-9,14-15H,6-7,10-13H2,1-2H3,(H2,20,21,22). The second kappa shape index (κ2) is 8.85. The van der Waals surface area contributed by atoms with Gasteiger partial charge in [-0.15, -0.1) is 11.3 Å². The number of aromatic nitrogens is 1. The van der Waals surface area contributed by atoms with Crippen LogP contribution in [0.5, 0.6) is 0 Å². The monoisotopic (exact) mass is 357 g/mol. The van der Waals surface area contributed by atoms with E-state index < -0.39 is 0 Å². The van der Waals surface area contributed by atoms with Gasteiger partial charge in [0.15, 0.2) is 11.1 Å². The van der Waals surface area contributed by atoms with E-state index in [0.717, 1.165) is 37.7 Å². The Morgan fingerprint density at radius 1 is 1.28 bits per heavy atom. The van der Waals surface area contributed by atoms with Crippen molar-refractivity contribution in [3.63, 3.8) is 0 Å². The number of aliphatic imine (C=N–C) groups is 1. The molecule has 1 aromatic carbocycles. The molecule has 1 aromatic heterocycles. The zero-order valence-corrected chi connectivity index (χ0v) is 15.9. The summed E-state index contributed by atoms with van der Waals surface area (Å²) in [6, 6.07) is 10.6. The first-order valence-electron chi connectivity index (χ1n) is 8.98. The summed E-state index contributed by atoms with van der Waals surface area (Å²) in [6.07, 6.45) is 3.49. The lowest BCUT2D eigenvalue weighted by molar-refractivity contribution is 0.683. The molecule has 1 atom stereocenters. The third kappa shape index (κ3) is 4.95. The quantitative estimate of drug-likeness (QED) is 0.616. The Bertz CT molecular complexity index is 676. The molecule has 5 nitrogen and oxygen atoms in total. The smallest absolute Gasteiger partial charge is 0.191 e. The van der Waals surface area contributed by atoms with Crippen molar-refractivity contribution in [2.24, 2.45) is 4.99 Å². The predicted octanol–water partition coefficient (Wildman–Crippen LogP) is 3.21. The average Bonchev–Trinajstić information content (AvgIpc) is 3.33. The van der Waals surface area contributed by atoms with Crippen molar-refractivity contribution in [3.05, 3.63) is 47.0 Å². The molecule has 1 aliphatic rings. The van der Waals surface area contributed by atoms with Gasteiger partial charge in [0.05, 0.1) is 11.7 Å².